The molecule has 1 rings (SSSR count). The van der Waals surface area contributed by atoms with Crippen molar-refractivity contribution in [3.63, 3.8) is 0 Å². The van der Waals surface area contributed by atoms with Crippen molar-refractivity contribution < 1.29 is 13.9 Å². The number of esters is 1. The van der Waals surface area contributed by atoms with Crippen LogP contribution in [0, 0.1) is 11.3 Å². The van der Waals surface area contributed by atoms with E-state index in [1.807, 2.05) is 0 Å². The lowest BCUT2D eigenvalue weighted by molar-refractivity contribution is -0.154. The predicted octanol–water partition coefficient (Wildman–Crippen LogP) is 2.70. The Balaban J connectivity index is 3.21. The van der Waals surface area contributed by atoms with Crippen molar-refractivity contribution in [1.29, 1.82) is 5.26 Å². The van der Waals surface area contributed by atoms with Gasteiger partial charge in [-0.3, -0.25) is 0 Å². The minimum Gasteiger partial charge on any atom is -0.463 e. The van der Waals surface area contributed by atoms with Gasteiger partial charge in [-0.2, -0.15) is 5.26 Å². The minimum atomic E-state index is -2.77. The molecule has 0 spiro atoms. The molecule has 0 amide bonds. The van der Waals surface area contributed by atoms with E-state index >= 15 is 0 Å². The number of nitriles is 1. The first-order valence-corrected chi connectivity index (χ1v) is 5.38. The molecular weight excluding hydrogens is 277 g/mol. The highest BCUT2D eigenvalue weighted by Crippen LogP contribution is 2.32. The van der Waals surface area contributed by atoms with Crippen LogP contribution in [0.5, 0.6) is 0 Å². The van der Waals surface area contributed by atoms with Crippen LogP contribution >= 0.6 is 15.9 Å². The number of alkyl halides is 1. The number of ether oxygens (including phenoxy) is 1. The number of rotatable bonds is 3. The van der Waals surface area contributed by atoms with E-state index in [2.05, 4.69) is 20.7 Å². The number of halogens is 2. The van der Waals surface area contributed by atoms with E-state index in [0.29, 0.717) is 4.47 Å². The molecule has 16 heavy (non-hydrogen) atoms. The molecule has 0 unspecified atom stereocenters. The third-order valence-electron chi connectivity index (χ3n) is 1.96. The van der Waals surface area contributed by atoms with Crippen LogP contribution in [0.25, 0.3) is 0 Å². The van der Waals surface area contributed by atoms with Gasteiger partial charge in [-0.25, -0.2) is 9.18 Å². The van der Waals surface area contributed by atoms with Gasteiger partial charge in [0.25, 0.3) is 0 Å². The Hall–Kier alpha value is -1.41. The SMILES string of the molecule is CCOC(=O)[C@](F)(C#N)c1ccccc1Br. The standard InChI is InChI=1S/C11H9BrFNO2/c1-2-16-10(15)11(13,7-14)8-5-3-4-6-9(8)12/h3-6H,2H2,1H3/t11-/m0/s1. The van der Waals surface area contributed by atoms with Gasteiger partial charge in [-0.05, 0) is 13.0 Å². The lowest BCUT2D eigenvalue weighted by atomic mass is 9.97. The van der Waals surface area contributed by atoms with E-state index < -0.39 is 11.6 Å². The van der Waals surface area contributed by atoms with Crippen LogP contribution in [0.3, 0.4) is 0 Å². The molecular formula is C11H9BrFNO2. The van der Waals surface area contributed by atoms with E-state index in [9.17, 15) is 9.18 Å². The Kier molecular flexibility index (Phi) is 4.02. The quantitative estimate of drug-likeness (QED) is 0.803. The maximum absolute atomic E-state index is 14.2. The fourth-order valence-electron chi connectivity index (χ4n) is 1.19. The second kappa shape index (κ2) is 5.08. The summed E-state index contributed by atoms with van der Waals surface area (Å²) in [7, 11) is 0. The molecule has 0 aromatic heterocycles. The maximum Gasteiger partial charge on any atom is 0.363 e. The second-order valence-corrected chi connectivity index (χ2v) is 3.82. The summed E-state index contributed by atoms with van der Waals surface area (Å²) in [5.74, 6) is -1.19. The van der Waals surface area contributed by atoms with Gasteiger partial charge in [-0.1, -0.05) is 34.1 Å². The average Bonchev–Trinajstić information content (AvgIpc) is 2.29. The van der Waals surface area contributed by atoms with E-state index in [-0.39, 0.29) is 12.2 Å². The van der Waals surface area contributed by atoms with Gasteiger partial charge in [0, 0.05) is 10.0 Å². The smallest absolute Gasteiger partial charge is 0.363 e. The van der Waals surface area contributed by atoms with Crippen molar-refractivity contribution in [2.45, 2.75) is 12.6 Å². The van der Waals surface area contributed by atoms with E-state index in [1.54, 1.807) is 25.1 Å². The molecule has 0 saturated carbocycles. The number of carbonyl (C=O) groups excluding carboxylic acids is 1. The molecule has 0 aliphatic heterocycles. The fraction of sp³-hybridized carbons (Fsp3) is 0.273. The molecule has 5 heteroatoms. The molecule has 0 fully saturated rings. The third-order valence-corrected chi connectivity index (χ3v) is 2.65. The lowest BCUT2D eigenvalue weighted by Gasteiger charge is -2.17. The molecule has 1 aromatic carbocycles. The third kappa shape index (κ3) is 2.22. The highest BCUT2D eigenvalue weighted by Gasteiger charge is 2.44. The van der Waals surface area contributed by atoms with Crippen molar-refractivity contribution in [3.8, 4) is 6.07 Å². The van der Waals surface area contributed by atoms with Gasteiger partial charge >= 0.3 is 11.6 Å². The fourth-order valence-corrected chi connectivity index (χ4v) is 1.74. The second-order valence-electron chi connectivity index (χ2n) is 2.97. The van der Waals surface area contributed by atoms with Gasteiger partial charge in [0.2, 0.25) is 0 Å². The minimum absolute atomic E-state index is 0.0244. The van der Waals surface area contributed by atoms with Crippen LogP contribution in [0.1, 0.15) is 12.5 Å². The normalized spacial score (nSPS) is 13.6. The first-order valence-electron chi connectivity index (χ1n) is 4.58. The molecule has 0 radical (unpaired) electrons. The number of hydrogen-bond donors (Lipinski definition) is 0. The Morgan fingerprint density at radius 1 is 1.62 bits per heavy atom. The summed E-state index contributed by atoms with van der Waals surface area (Å²) < 4.78 is 19.1. The zero-order chi connectivity index (χ0) is 12.2. The topological polar surface area (TPSA) is 50.1 Å². The van der Waals surface area contributed by atoms with Gasteiger partial charge in [0.15, 0.2) is 0 Å². The highest BCUT2D eigenvalue weighted by atomic mass is 79.9. The summed E-state index contributed by atoms with van der Waals surface area (Å²) in [6.07, 6.45) is 0. The highest BCUT2D eigenvalue weighted by molar-refractivity contribution is 9.10. The number of carbonyl (C=O) groups is 1. The van der Waals surface area contributed by atoms with Gasteiger partial charge in [0.05, 0.1) is 6.61 Å². The molecule has 1 atom stereocenters. The van der Waals surface area contributed by atoms with Gasteiger partial charge in [-0.15, -0.1) is 0 Å². The summed E-state index contributed by atoms with van der Waals surface area (Å²) in [4.78, 5) is 11.4. The number of nitrogens with zero attached hydrogens (tertiary/aromatic N) is 1. The van der Waals surface area contributed by atoms with Gasteiger partial charge < -0.3 is 4.74 Å². The Bertz CT molecular complexity index is 444. The zero-order valence-corrected chi connectivity index (χ0v) is 10.1. The predicted molar refractivity (Wildman–Crippen MR) is 59.2 cm³/mol. The van der Waals surface area contributed by atoms with Crippen LogP contribution in [0.2, 0.25) is 0 Å². The van der Waals surface area contributed by atoms with E-state index in [0.717, 1.165) is 0 Å². The summed E-state index contributed by atoms with van der Waals surface area (Å²) in [6, 6.07) is 7.48. The zero-order valence-electron chi connectivity index (χ0n) is 8.54. The molecule has 0 bridgehead atoms. The lowest BCUT2D eigenvalue weighted by Crippen LogP contribution is -2.31. The Labute approximate surface area is 101 Å². The molecule has 0 aliphatic carbocycles. The molecule has 1 aromatic rings. The molecule has 0 N–H and O–H groups in total. The van der Waals surface area contributed by atoms with Crippen LogP contribution in [-0.2, 0) is 15.2 Å². The monoisotopic (exact) mass is 285 g/mol. The first-order chi connectivity index (χ1) is 7.56. The van der Waals surface area contributed by atoms with Crippen LogP contribution in [-0.4, -0.2) is 12.6 Å². The number of benzene rings is 1. The summed E-state index contributed by atoms with van der Waals surface area (Å²) in [5, 5.41) is 8.81. The van der Waals surface area contributed by atoms with E-state index in [1.165, 1.54) is 12.1 Å². The first kappa shape index (κ1) is 12.7. The van der Waals surface area contributed by atoms with Gasteiger partial charge in [0.1, 0.15) is 6.07 Å². The number of hydrogen-bond acceptors (Lipinski definition) is 3. The summed E-state index contributed by atoms with van der Waals surface area (Å²) in [6.45, 7) is 1.58. The Morgan fingerprint density at radius 3 is 2.75 bits per heavy atom. The van der Waals surface area contributed by atoms with Crippen molar-refractivity contribution in [3.05, 3.63) is 34.3 Å². The largest absolute Gasteiger partial charge is 0.463 e. The van der Waals surface area contributed by atoms with Crippen molar-refractivity contribution in [2.24, 2.45) is 0 Å². The Morgan fingerprint density at radius 2 is 2.25 bits per heavy atom. The van der Waals surface area contributed by atoms with Crippen LogP contribution in [0.4, 0.5) is 4.39 Å². The van der Waals surface area contributed by atoms with E-state index in [4.69, 9.17) is 5.26 Å². The van der Waals surface area contributed by atoms with Crippen LogP contribution < -0.4 is 0 Å². The molecule has 0 saturated heterocycles. The van der Waals surface area contributed by atoms with Crippen molar-refractivity contribution in [1.82, 2.24) is 0 Å². The molecule has 3 nitrogen and oxygen atoms in total. The van der Waals surface area contributed by atoms with Crippen molar-refractivity contribution in [2.75, 3.05) is 6.61 Å². The molecule has 0 aliphatic rings. The molecule has 0 heterocycles. The summed E-state index contributed by atoms with van der Waals surface area (Å²) in [5.41, 5.74) is -2.81. The summed E-state index contributed by atoms with van der Waals surface area (Å²) >= 11 is 3.09. The molecule has 84 valence electrons. The van der Waals surface area contributed by atoms with Crippen molar-refractivity contribution >= 4 is 21.9 Å². The average molecular weight is 286 g/mol. The maximum atomic E-state index is 14.2. The van der Waals surface area contributed by atoms with Crippen LogP contribution in [0.15, 0.2) is 28.7 Å².